The van der Waals surface area contributed by atoms with Crippen LogP contribution >= 0.6 is 35.0 Å². The predicted molar refractivity (Wildman–Crippen MR) is 163 cm³/mol. The second kappa shape index (κ2) is 12.9. The molecule has 3 aromatic carbocycles. The molecule has 0 saturated carbocycles. The van der Waals surface area contributed by atoms with Crippen LogP contribution in [-0.4, -0.2) is 20.8 Å². The van der Waals surface area contributed by atoms with E-state index in [2.05, 4.69) is 85.8 Å². The Bertz CT molecular complexity index is 1440. The number of amides is 2. The second-order valence-electron chi connectivity index (χ2n) is 10.0. The molecule has 0 fully saturated rings. The number of aryl methyl sites for hydroxylation is 1. The van der Waals surface area contributed by atoms with Gasteiger partial charge in [0.05, 0.1) is 17.3 Å². The Labute approximate surface area is 244 Å². The summed E-state index contributed by atoms with van der Waals surface area (Å²) in [6.45, 7) is 10.7. The molecule has 0 bridgehead atoms. The third kappa shape index (κ3) is 7.15. The zero-order valence-corrected chi connectivity index (χ0v) is 25.1. The van der Waals surface area contributed by atoms with E-state index >= 15 is 0 Å². The molecule has 0 saturated heterocycles. The van der Waals surface area contributed by atoms with Gasteiger partial charge in [0, 0.05) is 16.5 Å². The van der Waals surface area contributed by atoms with Crippen molar-refractivity contribution in [2.24, 2.45) is 0 Å². The minimum atomic E-state index is -0.314. The van der Waals surface area contributed by atoms with E-state index in [1.54, 1.807) is 30.0 Å². The largest absolute Gasteiger partial charge is 0.331 e. The van der Waals surface area contributed by atoms with Gasteiger partial charge < -0.3 is 10.6 Å². The predicted octanol–water partition coefficient (Wildman–Crippen LogP) is 8.74. The highest BCUT2D eigenvalue weighted by Gasteiger charge is 2.20. The first kappa shape index (κ1) is 29.0. The molecule has 0 radical (unpaired) electrons. The Kier molecular flexibility index (Phi) is 9.59. The van der Waals surface area contributed by atoms with Crippen LogP contribution in [0.2, 0.25) is 10.0 Å². The molecule has 1 heterocycles. The van der Waals surface area contributed by atoms with Crippen LogP contribution in [-0.2, 0) is 12.3 Å². The van der Waals surface area contributed by atoms with Gasteiger partial charge in [-0.25, -0.2) is 4.79 Å². The summed E-state index contributed by atoms with van der Waals surface area (Å²) < 4.78 is 1.86. The molecule has 0 aliphatic carbocycles. The summed E-state index contributed by atoms with van der Waals surface area (Å²) in [5, 5.41) is 16.6. The molecule has 0 unspecified atom stereocenters. The monoisotopic (exact) mass is 581 g/mol. The van der Waals surface area contributed by atoms with Crippen LogP contribution in [0.3, 0.4) is 0 Å². The molecule has 0 atom stereocenters. The topological polar surface area (TPSA) is 71.8 Å². The van der Waals surface area contributed by atoms with Gasteiger partial charge in [0.25, 0.3) is 0 Å². The molecule has 9 heteroatoms. The molecule has 2 amide bonds. The van der Waals surface area contributed by atoms with Gasteiger partial charge in [-0.05, 0) is 53.6 Å². The first-order valence-electron chi connectivity index (χ1n) is 12.9. The minimum Gasteiger partial charge on any atom is -0.331 e. The quantitative estimate of drug-likeness (QED) is 0.194. The number of nitrogens with zero attached hydrogens (tertiary/aromatic N) is 3. The summed E-state index contributed by atoms with van der Waals surface area (Å²) >= 11 is 14.5. The Morgan fingerprint density at radius 2 is 1.64 bits per heavy atom. The van der Waals surface area contributed by atoms with E-state index in [4.69, 9.17) is 23.2 Å². The summed E-state index contributed by atoms with van der Waals surface area (Å²) in [5.41, 5.74) is 6.08. The van der Waals surface area contributed by atoms with Gasteiger partial charge in [0.1, 0.15) is 0 Å². The van der Waals surface area contributed by atoms with E-state index in [1.807, 2.05) is 16.7 Å². The smallest absolute Gasteiger partial charge is 0.319 e. The fraction of sp³-hybridized carbons (Fsp3) is 0.300. The Hall–Kier alpha value is -3.00. The van der Waals surface area contributed by atoms with E-state index < -0.39 is 0 Å². The number of thioether (sulfide) groups is 1. The molecule has 2 N–H and O–H groups in total. The highest BCUT2D eigenvalue weighted by Crippen LogP contribution is 2.33. The molecule has 0 aliphatic rings. The third-order valence-corrected chi connectivity index (χ3v) is 7.87. The standard InChI is InChI=1S/C30H33Cl2N5OS/c1-18(2)23-10-7-11-24(19(3)4)28(23)34-29(38)33-16-27-35-36-30(39-17-21-9-6-8-20(5)14-21)37(27)26-15-22(31)12-13-25(26)32/h6-15,18-19H,16-17H2,1-5H3,(H2,33,34,38). The average molecular weight is 583 g/mol. The second-order valence-corrected chi connectivity index (χ2v) is 11.8. The first-order valence-corrected chi connectivity index (χ1v) is 14.6. The summed E-state index contributed by atoms with van der Waals surface area (Å²) in [5.74, 6) is 1.78. The van der Waals surface area contributed by atoms with Crippen molar-refractivity contribution in [3.05, 3.63) is 98.8 Å². The third-order valence-electron chi connectivity index (χ3n) is 6.32. The number of rotatable bonds is 9. The number of hydrogen-bond donors (Lipinski definition) is 2. The zero-order chi connectivity index (χ0) is 28.1. The van der Waals surface area contributed by atoms with Crippen molar-refractivity contribution in [3.8, 4) is 5.69 Å². The number of nitrogens with one attached hydrogen (secondary N) is 2. The van der Waals surface area contributed by atoms with Gasteiger partial charge in [-0.1, -0.05) is 111 Å². The molecule has 0 spiro atoms. The Balaban J connectivity index is 1.59. The minimum absolute atomic E-state index is 0.146. The van der Waals surface area contributed by atoms with Crippen LogP contribution in [0.1, 0.15) is 67.6 Å². The van der Waals surface area contributed by atoms with Crippen molar-refractivity contribution in [2.45, 2.75) is 63.9 Å². The van der Waals surface area contributed by atoms with E-state index in [-0.39, 0.29) is 24.4 Å². The highest BCUT2D eigenvalue weighted by atomic mass is 35.5. The Morgan fingerprint density at radius 1 is 0.949 bits per heavy atom. The van der Waals surface area contributed by atoms with Gasteiger partial charge in [-0.2, -0.15) is 0 Å². The molecular formula is C30H33Cl2N5OS. The maximum absolute atomic E-state index is 13.1. The van der Waals surface area contributed by atoms with E-state index in [9.17, 15) is 4.79 Å². The number of benzene rings is 3. The van der Waals surface area contributed by atoms with Gasteiger partial charge in [-0.3, -0.25) is 4.57 Å². The molecule has 4 aromatic rings. The van der Waals surface area contributed by atoms with Crippen molar-refractivity contribution >= 4 is 46.7 Å². The summed E-state index contributed by atoms with van der Waals surface area (Å²) in [7, 11) is 0. The van der Waals surface area contributed by atoms with Crippen LogP contribution in [0.25, 0.3) is 5.69 Å². The number of carbonyl (C=O) groups excluding carboxylic acids is 1. The normalized spacial score (nSPS) is 11.3. The van der Waals surface area contributed by atoms with Crippen molar-refractivity contribution in [2.75, 3.05) is 5.32 Å². The molecule has 39 heavy (non-hydrogen) atoms. The average Bonchev–Trinajstić information content (AvgIpc) is 3.30. The molecule has 1 aromatic heterocycles. The lowest BCUT2D eigenvalue weighted by molar-refractivity contribution is 0.251. The van der Waals surface area contributed by atoms with Crippen molar-refractivity contribution in [1.82, 2.24) is 20.1 Å². The Morgan fingerprint density at radius 3 is 2.31 bits per heavy atom. The SMILES string of the molecule is Cc1cccc(CSc2nnc(CNC(=O)Nc3c(C(C)C)cccc3C(C)C)n2-c2cc(Cl)ccc2Cl)c1. The van der Waals surface area contributed by atoms with Gasteiger partial charge >= 0.3 is 6.03 Å². The van der Waals surface area contributed by atoms with Crippen LogP contribution in [0.5, 0.6) is 0 Å². The van der Waals surface area contributed by atoms with Gasteiger partial charge in [0.15, 0.2) is 11.0 Å². The van der Waals surface area contributed by atoms with Gasteiger partial charge in [-0.15, -0.1) is 10.2 Å². The fourth-order valence-corrected chi connectivity index (χ4v) is 5.64. The lowest BCUT2D eigenvalue weighted by Crippen LogP contribution is -2.30. The zero-order valence-electron chi connectivity index (χ0n) is 22.8. The maximum atomic E-state index is 13.1. The molecule has 0 aliphatic heterocycles. The molecule has 204 valence electrons. The lowest BCUT2D eigenvalue weighted by Gasteiger charge is -2.20. The highest BCUT2D eigenvalue weighted by molar-refractivity contribution is 7.98. The number of hydrogen-bond acceptors (Lipinski definition) is 4. The lowest BCUT2D eigenvalue weighted by atomic mass is 9.93. The van der Waals surface area contributed by atoms with Crippen LogP contribution in [0.4, 0.5) is 10.5 Å². The summed E-state index contributed by atoms with van der Waals surface area (Å²) in [6.07, 6.45) is 0. The summed E-state index contributed by atoms with van der Waals surface area (Å²) in [6, 6.07) is 19.4. The number of carbonyl (C=O) groups is 1. The molecule has 6 nitrogen and oxygen atoms in total. The van der Waals surface area contributed by atoms with E-state index in [0.29, 0.717) is 32.5 Å². The van der Waals surface area contributed by atoms with Crippen molar-refractivity contribution in [3.63, 3.8) is 0 Å². The number of anilines is 1. The van der Waals surface area contributed by atoms with Crippen molar-refractivity contribution in [1.29, 1.82) is 0 Å². The van der Waals surface area contributed by atoms with Crippen LogP contribution in [0.15, 0.2) is 65.8 Å². The maximum Gasteiger partial charge on any atom is 0.319 e. The fourth-order valence-electron chi connectivity index (χ4n) is 4.37. The molecule has 4 rings (SSSR count). The number of aromatic nitrogens is 3. The van der Waals surface area contributed by atoms with E-state index in [1.165, 1.54) is 11.1 Å². The number of urea groups is 1. The van der Waals surface area contributed by atoms with E-state index in [0.717, 1.165) is 16.8 Å². The number of halogens is 2. The van der Waals surface area contributed by atoms with Crippen molar-refractivity contribution < 1.29 is 4.79 Å². The summed E-state index contributed by atoms with van der Waals surface area (Å²) in [4.78, 5) is 13.1. The van der Waals surface area contributed by atoms with Crippen LogP contribution < -0.4 is 10.6 Å². The number of para-hydroxylation sites is 1. The van der Waals surface area contributed by atoms with Crippen LogP contribution in [0, 0.1) is 6.92 Å². The van der Waals surface area contributed by atoms with Gasteiger partial charge in [0.2, 0.25) is 0 Å². The first-order chi connectivity index (χ1) is 18.6. The molecular weight excluding hydrogens is 549 g/mol.